The first-order valence-electron chi connectivity index (χ1n) is 6.71. The zero-order valence-corrected chi connectivity index (χ0v) is 12.1. The minimum atomic E-state index is -0.712. The summed E-state index contributed by atoms with van der Waals surface area (Å²) in [6, 6.07) is 7.64. The van der Waals surface area contributed by atoms with E-state index < -0.39 is 6.16 Å². The van der Waals surface area contributed by atoms with Gasteiger partial charge in [-0.3, -0.25) is 0 Å². The highest BCUT2D eigenvalue weighted by Gasteiger charge is 2.21. The van der Waals surface area contributed by atoms with Crippen molar-refractivity contribution in [2.75, 3.05) is 13.1 Å². The van der Waals surface area contributed by atoms with Gasteiger partial charge in [-0.05, 0) is 42.4 Å². The Hall–Kier alpha value is -1.66. The standard InChI is InChI=1S/C14H16N2O3S/c1-10-6-8-16(9-7-10)19-14(17)18-13-11-4-2-3-5-12(11)20-15-13/h2-5,10H,6-9H2,1H3. The molecule has 0 saturated carbocycles. The van der Waals surface area contributed by atoms with E-state index in [1.807, 2.05) is 24.3 Å². The Kier molecular flexibility index (Phi) is 3.84. The monoisotopic (exact) mass is 292 g/mol. The predicted molar refractivity (Wildman–Crippen MR) is 76.7 cm³/mol. The molecule has 0 radical (unpaired) electrons. The van der Waals surface area contributed by atoms with Crippen molar-refractivity contribution in [2.24, 2.45) is 5.92 Å². The van der Waals surface area contributed by atoms with Crippen LogP contribution in [0.25, 0.3) is 10.1 Å². The van der Waals surface area contributed by atoms with Gasteiger partial charge in [-0.2, -0.15) is 4.37 Å². The highest BCUT2D eigenvalue weighted by molar-refractivity contribution is 7.13. The maximum Gasteiger partial charge on any atom is 0.534 e. The molecule has 5 nitrogen and oxygen atoms in total. The van der Waals surface area contributed by atoms with E-state index >= 15 is 0 Å². The number of piperidine rings is 1. The van der Waals surface area contributed by atoms with Gasteiger partial charge >= 0.3 is 6.16 Å². The lowest BCUT2D eigenvalue weighted by Crippen LogP contribution is -2.35. The average Bonchev–Trinajstić information content (AvgIpc) is 2.85. The number of hydrogen-bond acceptors (Lipinski definition) is 6. The van der Waals surface area contributed by atoms with E-state index in [-0.39, 0.29) is 0 Å². The molecule has 1 aromatic carbocycles. The highest BCUT2D eigenvalue weighted by atomic mass is 32.1. The fourth-order valence-electron chi connectivity index (χ4n) is 2.22. The van der Waals surface area contributed by atoms with Gasteiger partial charge in [0.1, 0.15) is 0 Å². The van der Waals surface area contributed by atoms with Gasteiger partial charge in [0.15, 0.2) is 0 Å². The summed E-state index contributed by atoms with van der Waals surface area (Å²) < 4.78 is 10.3. The number of aromatic nitrogens is 1. The molecule has 1 aromatic heterocycles. The second kappa shape index (κ2) is 5.76. The van der Waals surface area contributed by atoms with Gasteiger partial charge in [-0.1, -0.05) is 19.1 Å². The highest BCUT2D eigenvalue weighted by Crippen LogP contribution is 2.28. The summed E-state index contributed by atoms with van der Waals surface area (Å²) >= 11 is 1.31. The third kappa shape index (κ3) is 2.91. The molecular formula is C14H16N2O3S. The van der Waals surface area contributed by atoms with Crippen LogP contribution in [0, 0.1) is 5.92 Å². The van der Waals surface area contributed by atoms with Crippen molar-refractivity contribution in [3.05, 3.63) is 24.3 Å². The maximum absolute atomic E-state index is 11.8. The minimum absolute atomic E-state index is 0.320. The van der Waals surface area contributed by atoms with Crippen LogP contribution in [0.5, 0.6) is 5.88 Å². The topological polar surface area (TPSA) is 51.7 Å². The molecule has 0 aliphatic carbocycles. The summed E-state index contributed by atoms with van der Waals surface area (Å²) in [6.07, 6.45) is 1.36. The second-order valence-corrected chi connectivity index (χ2v) is 5.84. The molecule has 0 bridgehead atoms. The van der Waals surface area contributed by atoms with Crippen molar-refractivity contribution in [3.63, 3.8) is 0 Å². The molecular weight excluding hydrogens is 276 g/mol. The van der Waals surface area contributed by atoms with Crippen molar-refractivity contribution < 1.29 is 14.4 Å². The molecule has 0 spiro atoms. The minimum Gasteiger partial charge on any atom is -0.373 e. The molecule has 0 atom stereocenters. The lowest BCUT2D eigenvalue weighted by molar-refractivity contribution is -0.131. The first-order valence-corrected chi connectivity index (χ1v) is 7.49. The Morgan fingerprint density at radius 1 is 1.35 bits per heavy atom. The van der Waals surface area contributed by atoms with Gasteiger partial charge in [0.25, 0.3) is 0 Å². The number of carbonyl (C=O) groups excluding carboxylic acids is 1. The molecule has 2 heterocycles. The summed E-state index contributed by atoms with van der Waals surface area (Å²) in [4.78, 5) is 17.0. The van der Waals surface area contributed by atoms with E-state index in [9.17, 15) is 4.79 Å². The molecule has 2 aromatic rings. The fraction of sp³-hybridized carbons (Fsp3) is 0.429. The Balaban J connectivity index is 1.61. The number of benzene rings is 1. The molecule has 1 aliphatic rings. The normalized spacial score (nSPS) is 17.2. The third-order valence-corrected chi connectivity index (χ3v) is 4.28. The fourth-order valence-corrected chi connectivity index (χ4v) is 2.93. The van der Waals surface area contributed by atoms with Crippen molar-refractivity contribution >= 4 is 27.8 Å². The molecule has 1 aliphatic heterocycles. The van der Waals surface area contributed by atoms with E-state index in [1.54, 1.807) is 5.06 Å². The molecule has 0 unspecified atom stereocenters. The Morgan fingerprint density at radius 3 is 2.90 bits per heavy atom. The quantitative estimate of drug-likeness (QED) is 0.793. The zero-order chi connectivity index (χ0) is 13.9. The van der Waals surface area contributed by atoms with Crippen molar-refractivity contribution in [2.45, 2.75) is 19.8 Å². The second-order valence-electron chi connectivity index (χ2n) is 5.04. The predicted octanol–water partition coefficient (Wildman–Crippen LogP) is 3.46. The summed E-state index contributed by atoms with van der Waals surface area (Å²) in [6.45, 7) is 3.72. The van der Waals surface area contributed by atoms with E-state index in [4.69, 9.17) is 9.57 Å². The van der Waals surface area contributed by atoms with Crippen molar-refractivity contribution in [3.8, 4) is 5.88 Å². The van der Waals surface area contributed by atoms with Crippen LogP contribution in [0.3, 0.4) is 0 Å². The smallest absolute Gasteiger partial charge is 0.373 e. The molecule has 0 amide bonds. The first-order chi connectivity index (χ1) is 9.72. The summed E-state index contributed by atoms with van der Waals surface area (Å²) in [5.41, 5.74) is 0. The average molecular weight is 292 g/mol. The van der Waals surface area contributed by atoms with Crippen molar-refractivity contribution in [1.29, 1.82) is 0 Å². The molecule has 0 N–H and O–H groups in total. The number of rotatable bonds is 2. The zero-order valence-electron chi connectivity index (χ0n) is 11.2. The van der Waals surface area contributed by atoms with Gasteiger partial charge < -0.3 is 9.57 Å². The largest absolute Gasteiger partial charge is 0.534 e. The van der Waals surface area contributed by atoms with Gasteiger partial charge in [-0.15, -0.1) is 5.06 Å². The number of ether oxygens (including phenoxy) is 1. The molecule has 106 valence electrons. The van der Waals surface area contributed by atoms with Crippen LogP contribution < -0.4 is 4.74 Å². The molecule has 3 rings (SSSR count). The van der Waals surface area contributed by atoms with E-state index in [1.165, 1.54) is 11.5 Å². The van der Waals surface area contributed by atoms with Crippen molar-refractivity contribution in [1.82, 2.24) is 9.44 Å². The summed E-state index contributed by atoms with van der Waals surface area (Å²) in [5, 5.41) is 2.50. The Labute approximate surface area is 121 Å². The molecule has 1 saturated heterocycles. The van der Waals surface area contributed by atoms with Gasteiger partial charge in [-0.25, -0.2) is 4.79 Å². The first kappa shape index (κ1) is 13.3. The van der Waals surface area contributed by atoms with Crippen LogP contribution >= 0.6 is 11.5 Å². The van der Waals surface area contributed by atoms with Crippen LogP contribution in [0.4, 0.5) is 4.79 Å². The van der Waals surface area contributed by atoms with E-state index in [0.717, 1.165) is 36.0 Å². The van der Waals surface area contributed by atoms with Crippen LogP contribution in [0.15, 0.2) is 24.3 Å². The molecule has 20 heavy (non-hydrogen) atoms. The number of hydrogen-bond donors (Lipinski definition) is 0. The molecule has 6 heteroatoms. The summed E-state index contributed by atoms with van der Waals surface area (Å²) in [7, 11) is 0. The van der Waals surface area contributed by atoms with Crippen LogP contribution in [-0.4, -0.2) is 28.7 Å². The number of hydroxylamine groups is 2. The molecule has 1 fully saturated rings. The number of nitrogens with zero attached hydrogens (tertiary/aromatic N) is 2. The lowest BCUT2D eigenvalue weighted by Gasteiger charge is -2.27. The Morgan fingerprint density at radius 2 is 2.10 bits per heavy atom. The maximum atomic E-state index is 11.8. The van der Waals surface area contributed by atoms with Gasteiger partial charge in [0.2, 0.25) is 5.88 Å². The van der Waals surface area contributed by atoms with Crippen LogP contribution in [0.2, 0.25) is 0 Å². The van der Waals surface area contributed by atoms with Gasteiger partial charge in [0, 0.05) is 13.1 Å². The third-order valence-electron chi connectivity index (χ3n) is 3.47. The van der Waals surface area contributed by atoms with Crippen LogP contribution in [0.1, 0.15) is 19.8 Å². The summed E-state index contributed by atoms with van der Waals surface area (Å²) in [5.74, 6) is 1.01. The lowest BCUT2D eigenvalue weighted by atomic mass is 10.0. The number of fused-ring (bicyclic) bond motifs is 1. The van der Waals surface area contributed by atoms with E-state index in [2.05, 4.69) is 11.3 Å². The van der Waals surface area contributed by atoms with E-state index in [0.29, 0.717) is 11.8 Å². The van der Waals surface area contributed by atoms with Gasteiger partial charge in [0.05, 0.1) is 10.1 Å². The SMILES string of the molecule is CC1CCN(OC(=O)Oc2nsc3ccccc23)CC1. The van der Waals surface area contributed by atoms with Crippen LogP contribution in [-0.2, 0) is 4.84 Å². The Bertz CT molecular complexity index is 605. The number of carbonyl (C=O) groups is 1.